The van der Waals surface area contributed by atoms with Gasteiger partial charge in [-0.1, -0.05) is 75.9 Å². The molecule has 0 unspecified atom stereocenters. The maximum absolute atomic E-state index is 14.0. The minimum absolute atomic E-state index is 0.0953. The molecule has 3 rings (SSSR count). The molecule has 0 spiro atoms. The molecule has 1 N–H and O–H groups in total. The summed E-state index contributed by atoms with van der Waals surface area (Å²) in [4.78, 5) is 41.0. The van der Waals surface area contributed by atoms with Crippen molar-refractivity contribution in [1.29, 1.82) is 0 Å². The van der Waals surface area contributed by atoms with E-state index in [9.17, 15) is 14.4 Å². The molecule has 8 heteroatoms. The van der Waals surface area contributed by atoms with Gasteiger partial charge in [0.25, 0.3) is 0 Å². The molecule has 1 aliphatic rings. The van der Waals surface area contributed by atoms with Gasteiger partial charge in [0.2, 0.25) is 5.91 Å². The van der Waals surface area contributed by atoms with Crippen LogP contribution in [0.15, 0.2) is 67.8 Å². The summed E-state index contributed by atoms with van der Waals surface area (Å²) >= 11 is 0. The van der Waals surface area contributed by atoms with Crippen LogP contribution < -0.4 is 5.32 Å². The van der Waals surface area contributed by atoms with Crippen molar-refractivity contribution in [2.75, 3.05) is 27.4 Å². The van der Waals surface area contributed by atoms with Gasteiger partial charge >= 0.3 is 12.1 Å². The number of likely N-dealkylation sites (tertiary alicyclic amines) is 1. The van der Waals surface area contributed by atoms with E-state index >= 15 is 0 Å². The first-order chi connectivity index (χ1) is 19.0. The fourth-order valence-electron chi connectivity index (χ4n) is 4.96. The maximum atomic E-state index is 14.0. The zero-order valence-corrected chi connectivity index (χ0v) is 24.1. The molecule has 214 valence electrons. The minimum atomic E-state index is -0.979. The minimum Gasteiger partial charge on any atom is -0.467 e. The first-order valence-corrected chi connectivity index (χ1v) is 13.3. The van der Waals surface area contributed by atoms with E-state index in [1.165, 1.54) is 12.0 Å². The normalized spacial score (nSPS) is 19.4. The summed E-state index contributed by atoms with van der Waals surface area (Å²) in [7, 11) is 2.87. The van der Waals surface area contributed by atoms with Crippen molar-refractivity contribution in [1.82, 2.24) is 10.2 Å². The predicted molar refractivity (Wildman–Crippen MR) is 155 cm³/mol. The Bertz CT molecular complexity index is 1250. The summed E-state index contributed by atoms with van der Waals surface area (Å²) < 4.78 is 16.4. The number of esters is 1. The maximum Gasteiger partial charge on any atom is 0.407 e. The highest BCUT2D eigenvalue weighted by Gasteiger charge is 2.53. The van der Waals surface area contributed by atoms with Crippen LogP contribution in [0.3, 0.4) is 0 Å². The van der Waals surface area contributed by atoms with Crippen LogP contribution in [0.2, 0.25) is 0 Å². The summed E-state index contributed by atoms with van der Waals surface area (Å²) in [6.07, 6.45) is 3.40. The lowest BCUT2D eigenvalue weighted by atomic mass is 9.85. The monoisotopic (exact) mass is 548 g/mol. The van der Waals surface area contributed by atoms with Crippen LogP contribution in [0.4, 0.5) is 4.79 Å². The SMILES string of the molecule is C=CCCOC(=O)N[C@H](C(=O)N1C[C@](OC)(c2cccc(-c3cccc(C=C)c3)c2)C[C@H]1C(=O)OC)C(C)(C)C. The third kappa shape index (κ3) is 6.80. The van der Waals surface area contributed by atoms with Gasteiger partial charge in [-0.15, -0.1) is 6.58 Å². The molecule has 0 radical (unpaired) electrons. The molecule has 0 aliphatic carbocycles. The molecule has 0 aromatic heterocycles. The van der Waals surface area contributed by atoms with Gasteiger partial charge in [0, 0.05) is 13.5 Å². The van der Waals surface area contributed by atoms with E-state index in [2.05, 4.69) is 18.5 Å². The van der Waals surface area contributed by atoms with Gasteiger partial charge in [-0.25, -0.2) is 9.59 Å². The number of hydrogen-bond acceptors (Lipinski definition) is 6. The second-order valence-corrected chi connectivity index (χ2v) is 11.0. The number of rotatable bonds is 10. The molecule has 0 saturated carbocycles. The molecule has 0 bridgehead atoms. The van der Waals surface area contributed by atoms with E-state index < -0.39 is 41.1 Å². The fourth-order valence-corrected chi connectivity index (χ4v) is 4.96. The second-order valence-electron chi connectivity index (χ2n) is 11.0. The Labute approximate surface area is 237 Å². The molecule has 1 heterocycles. The number of ether oxygens (including phenoxy) is 3. The zero-order valence-electron chi connectivity index (χ0n) is 24.1. The third-order valence-corrected chi connectivity index (χ3v) is 7.25. The second kappa shape index (κ2) is 13.0. The van der Waals surface area contributed by atoms with Crippen LogP contribution in [-0.2, 0) is 29.4 Å². The highest BCUT2D eigenvalue weighted by Crippen LogP contribution is 2.41. The van der Waals surface area contributed by atoms with Crippen LogP contribution in [0.25, 0.3) is 17.2 Å². The van der Waals surface area contributed by atoms with Gasteiger partial charge in [-0.05, 0) is 46.2 Å². The number of nitrogens with zero attached hydrogens (tertiary/aromatic N) is 1. The first-order valence-electron chi connectivity index (χ1n) is 13.3. The Morgan fingerprint density at radius 2 is 1.77 bits per heavy atom. The van der Waals surface area contributed by atoms with Gasteiger partial charge < -0.3 is 24.4 Å². The molecule has 2 aromatic rings. The van der Waals surface area contributed by atoms with Gasteiger partial charge in [0.1, 0.15) is 17.7 Å². The van der Waals surface area contributed by atoms with Crippen LogP contribution in [0, 0.1) is 5.41 Å². The molecule has 2 aromatic carbocycles. The van der Waals surface area contributed by atoms with E-state index in [-0.39, 0.29) is 19.6 Å². The van der Waals surface area contributed by atoms with Crippen molar-refractivity contribution in [3.05, 3.63) is 78.9 Å². The Balaban J connectivity index is 1.98. The molecule has 1 fully saturated rings. The number of amides is 2. The Morgan fingerprint density at radius 3 is 2.38 bits per heavy atom. The lowest BCUT2D eigenvalue weighted by Crippen LogP contribution is -2.57. The lowest BCUT2D eigenvalue weighted by Gasteiger charge is -2.35. The first kappa shape index (κ1) is 30.6. The van der Waals surface area contributed by atoms with Crippen molar-refractivity contribution in [2.45, 2.75) is 51.3 Å². The van der Waals surface area contributed by atoms with Gasteiger partial charge in [0.05, 0.1) is 20.3 Å². The highest BCUT2D eigenvalue weighted by molar-refractivity contribution is 5.91. The number of methoxy groups -OCH3 is 2. The summed E-state index contributed by atoms with van der Waals surface area (Å²) in [5.41, 5.74) is 2.14. The smallest absolute Gasteiger partial charge is 0.407 e. The summed E-state index contributed by atoms with van der Waals surface area (Å²) in [5, 5.41) is 2.71. The standard InChI is InChI=1S/C32H40N2O6/c1-8-10-17-40-30(37)33-27(31(3,4)5)28(35)34-21-32(39-7,20-26(34)29(36)38-6)25-16-12-15-24(19-25)23-14-11-13-22(9-2)18-23/h8-9,11-16,18-19,26-27H,1-2,10,17,20-21H2,3-7H3,(H,33,37)/t26-,27+,32-/m0/s1. The Kier molecular flexibility index (Phi) is 9.93. The molecule has 40 heavy (non-hydrogen) atoms. The Hall–Kier alpha value is -3.91. The number of carbonyl (C=O) groups is 3. The van der Waals surface area contributed by atoms with Crippen molar-refractivity contribution < 1.29 is 28.6 Å². The number of alkyl carbamates (subject to hydrolysis) is 1. The van der Waals surface area contributed by atoms with Crippen molar-refractivity contribution >= 4 is 24.0 Å². The fraction of sp³-hybridized carbons (Fsp3) is 0.406. The predicted octanol–water partition coefficient (Wildman–Crippen LogP) is 5.33. The quantitative estimate of drug-likeness (QED) is 0.245. The van der Waals surface area contributed by atoms with Crippen molar-refractivity contribution in [2.24, 2.45) is 5.41 Å². The molecule has 1 aliphatic heterocycles. The third-order valence-electron chi connectivity index (χ3n) is 7.25. The van der Waals surface area contributed by atoms with Gasteiger partial charge in [-0.3, -0.25) is 4.79 Å². The summed E-state index contributed by atoms with van der Waals surface area (Å²) in [6.45, 7) is 13.2. The topological polar surface area (TPSA) is 94.2 Å². The lowest BCUT2D eigenvalue weighted by molar-refractivity contribution is -0.152. The summed E-state index contributed by atoms with van der Waals surface area (Å²) in [5.74, 6) is -0.972. The van der Waals surface area contributed by atoms with E-state index in [1.807, 2.05) is 69.3 Å². The molecular weight excluding hydrogens is 508 g/mol. The average Bonchev–Trinajstić information content (AvgIpc) is 3.36. The number of carbonyl (C=O) groups excluding carboxylic acids is 3. The van der Waals surface area contributed by atoms with Crippen molar-refractivity contribution in [3.8, 4) is 11.1 Å². The highest BCUT2D eigenvalue weighted by atomic mass is 16.5. The van der Waals surface area contributed by atoms with Crippen LogP contribution in [-0.4, -0.2) is 62.3 Å². The number of hydrogen-bond donors (Lipinski definition) is 1. The molecule has 3 atom stereocenters. The van der Waals surface area contributed by atoms with Gasteiger partial charge in [-0.2, -0.15) is 0 Å². The molecular formula is C32H40N2O6. The van der Waals surface area contributed by atoms with Crippen LogP contribution >= 0.6 is 0 Å². The average molecular weight is 549 g/mol. The largest absolute Gasteiger partial charge is 0.467 e. The van der Waals surface area contributed by atoms with Crippen molar-refractivity contribution in [3.63, 3.8) is 0 Å². The van der Waals surface area contributed by atoms with Crippen LogP contribution in [0.5, 0.6) is 0 Å². The number of nitrogens with one attached hydrogen (secondary N) is 1. The van der Waals surface area contributed by atoms with E-state index in [4.69, 9.17) is 14.2 Å². The van der Waals surface area contributed by atoms with E-state index in [0.29, 0.717) is 6.42 Å². The molecule has 8 nitrogen and oxygen atoms in total. The van der Waals surface area contributed by atoms with E-state index in [1.54, 1.807) is 19.3 Å². The van der Waals surface area contributed by atoms with Crippen LogP contribution in [0.1, 0.15) is 44.7 Å². The molecule has 1 saturated heterocycles. The summed E-state index contributed by atoms with van der Waals surface area (Å²) in [6, 6.07) is 14.0. The molecule has 2 amide bonds. The zero-order chi connectivity index (χ0) is 29.5. The Morgan fingerprint density at radius 1 is 1.10 bits per heavy atom. The van der Waals surface area contributed by atoms with Gasteiger partial charge in [0.15, 0.2) is 0 Å². The number of benzene rings is 2. The van der Waals surface area contributed by atoms with E-state index in [0.717, 1.165) is 22.3 Å².